The molecule has 2 aliphatic heterocycles. The normalized spacial score (nSPS) is 17.0. The molecule has 1 amide bonds. The molecule has 0 bridgehead atoms. The predicted octanol–water partition coefficient (Wildman–Crippen LogP) is 3.67. The highest BCUT2D eigenvalue weighted by Crippen LogP contribution is 2.37. The van der Waals surface area contributed by atoms with Crippen LogP contribution in [-0.4, -0.2) is 52.5 Å². The van der Waals surface area contributed by atoms with E-state index in [2.05, 4.69) is 9.97 Å². The van der Waals surface area contributed by atoms with Crippen LogP contribution in [0.5, 0.6) is 0 Å². The van der Waals surface area contributed by atoms with Gasteiger partial charge in [-0.25, -0.2) is 27.2 Å². The van der Waals surface area contributed by atoms with E-state index in [-0.39, 0.29) is 22.4 Å². The molecule has 37 heavy (non-hydrogen) atoms. The summed E-state index contributed by atoms with van der Waals surface area (Å²) in [5, 5.41) is 0.412. The van der Waals surface area contributed by atoms with Gasteiger partial charge in [-0.2, -0.15) is 4.31 Å². The number of sulfonamides is 1. The summed E-state index contributed by atoms with van der Waals surface area (Å²) >= 11 is 0. The Morgan fingerprint density at radius 3 is 2.24 bits per heavy atom. The minimum atomic E-state index is -4.16. The van der Waals surface area contributed by atoms with Crippen molar-refractivity contribution in [3.05, 3.63) is 83.6 Å². The molecule has 2 N–H and O–H groups in total. The second-order valence-corrected chi connectivity index (χ2v) is 11.1. The first kappa shape index (κ1) is 23.4. The number of hydrogen-bond donors (Lipinski definition) is 1. The van der Waals surface area contributed by atoms with Gasteiger partial charge >= 0.3 is 0 Å². The van der Waals surface area contributed by atoms with Crippen molar-refractivity contribution in [3.63, 3.8) is 0 Å². The van der Waals surface area contributed by atoms with E-state index in [4.69, 9.17) is 5.73 Å². The van der Waals surface area contributed by atoms with Gasteiger partial charge in [0.1, 0.15) is 5.69 Å². The van der Waals surface area contributed by atoms with Crippen LogP contribution in [0.15, 0.2) is 71.6 Å². The van der Waals surface area contributed by atoms with E-state index in [9.17, 15) is 22.0 Å². The third-order valence-corrected chi connectivity index (χ3v) is 8.52. The zero-order valence-electron chi connectivity index (χ0n) is 19.4. The standard InChI is InChI=1S/C26H21F2N5O3S/c27-26(28)14-33(15-26)37(35,36)22-8-4-3-7-19(22)16-9-10-21-20(11-16)23(31-25(29)30-21)24(34)32-12-17-5-1-2-6-18(17)13-32/h1-11H,12-15H2,(H2,29,30,31). The molecule has 0 spiro atoms. The monoisotopic (exact) mass is 521 g/mol. The molecule has 188 valence electrons. The highest BCUT2D eigenvalue weighted by atomic mass is 32.2. The summed E-state index contributed by atoms with van der Waals surface area (Å²) in [6.45, 7) is -0.847. The molecule has 3 aromatic carbocycles. The van der Waals surface area contributed by atoms with Gasteiger partial charge in [0, 0.05) is 24.0 Å². The lowest BCUT2D eigenvalue weighted by atomic mass is 10.0. The molecule has 6 rings (SSSR count). The number of alkyl halides is 2. The van der Waals surface area contributed by atoms with Gasteiger partial charge in [0.25, 0.3) is 11.8 Å². The molecule has 1 aromatic heterocycles. The maximum atomic E-state index is 13.6. The van der Waals surface area contributed by atoms with E-state index in [1.165, 1.54) is 6.07 Å². The number of nitrogen functional groups attached to an aromatic ring is 1. The Hall–Kier alpha value is -3.96. The van der Waals surface area contributed by atoms with Gasteiger partial charge in [-0.1, -0.05) is 48.5 Å². The van der Waals surface area contributed by atoms with Crippen molar-refractivity contribution in [2.24, 2.45) is 0 Å². The fourth-order valence-corrected chi connectivity index (χ4v) is 6.52. The molecule has 2 aliphatic rings. The van der Waals surface area contributed by atoms with Crippen molar-refractivity contribution >= 4 is 32.8 Å². The van der Waals surface area contributed by atoms with E-state index < -0.39 is 29.0 Å². The van der Waals surface area contributed by atoms with Crippen LogP contribution in [-0.2, 0) is 23.1 Å². The number of carbonyl (C=O) groups excluding carboxylic acids is 1. The molecule has 11 heteroatoms. The smallest absolute Gasteiger partial charge is 0.275 e. The topological polar surface area (TPSA) is 109 Å². The molecule has 0 aliphatic carbocycles. The number of benzene rings is 3. The van der Waals surface area contributed by atoms with Crippen molar-refractivity contribution in [2.45, 2.75) is 23.9 Å². The summed E-state index contributed by atoms with van der Waals surface area (Å²) in [6, 6.07) is 18.9. The zero-order chi connectivity index (χ0) is 25.9. The maximum Gasteiger partial charge on any atom is 0.275 e. The Balaban J connectivity index is 1.42. The Morgan fingerprint density at radius 2 is 1.57 bits per heavy atom. The van der Waals surface area contributed by atoms with Gasteiger partial charge in [0.05, 0.1) is 23.5 Å². The first-order chi connectivity index (χ1) is 17.6. The Bertz CT molecular complexity index is 1660. The largest absolute Gasteiger partial charge is 0.368 e. The van der Waals surface area contributed by atoms with Gasteiger partial charge in [0.15, 0.2) is 0 Å². The van der Waals surface area contributed by atoms with Crippen LogP contribution < -0.4 is 5.73 Å². The average molecular weight is 522 g/mol. The number of halogens is 2. The van der Waals surface area contributed by atoms with E-state index >= 15 is 0 Å². The molecule has 0 radical (unpaired) electrons. The lowest BCUT2D eigenvalue weighted by molar-refractivity contribution is -0.0945. The number of aromatic nitrogens is 2. The molecule has 4 aromatic rings. The molecule has 0 saturated carbocycles. The highest BCUT2D eigenvalue weighted by Gasteiger charge is 2.50. The van der Waals surface area contributed by atoms with E-state index in [1.807, 2.05) is 24.3 Å². The Labute approximate surface area is 211 Å². The molecule has 3 heterocycles. The number of hydrogen-bond acceptors (Lipinski definition) is 6. The first-order valence-corrected chi connectivity index (χ1v) is 13.0. The summed E-state index contributed by atoms with van der Waals surface area (Å²) in [4.78, 5) is 23.6. The van der Waals surface area contributed by atoms with Crippen LogP contribution in [0.4, 0.5) is 14.7 Å². The average Bonchev–Trinajstić information content (AvgIpc) is 3.30. The van der Waals surface area contributed by atoms with Crippen LogP contribution in [0, 0.1) is 0 Å². The lowest BCUT2D eigenvalue weighted by Crippen LogP contribution is -2.58. The maximum absolute atomic E-state index is 13.6. The van der Waals surface area contributed by atoms with Crippen molar-refractivity contribution in [3.8, 4) is 11.1 Å². The predicted molar refractivity (Wildman–Crippen MR) is 133 cm³/mol. The number of amides is 1. The van der Waals surface area contributed by atoms with Crippen LogP contribution in [0.3, 0.4) is 0 Å². The fourth-order valence-electron chi connectivity index (χ4n) is 4.81. The van der Waals surface area contributed by atoms with Crippen LogP contribution in [0.1, 0.15) is 21.6 Å². The molecule has 0 atom stereocenters. The van der Waals surface area contributed by atoms with Crippen LogP contribution in [0.25, 0.3) is 22.0 Å². The van der Waals surface area contributed by atoms with Crippen molar-refractivity contribution in [1.29, 1.82) is 0 Å². The van der Waals surface area contributed by atoms with Gasteiger partial charge in [-0.15, -0.1) is 0 Å². The summed E-state index contributed by atoms with van der Waals surface area (Å²) < 4.78 is 53.9. The van der Waals surface area contributed by atoms with Gasteiger partial charge in [-0.05, 0) is 34.9 Å². The third-order valence-electron chi connectivity index (χ3n) is 6.67. The Morgan fingerprint density at radius 1 is 0.919 bits per heavy atom. The van der Waals surface area contributed by atoms with E-state index in [1.54, 1.807) is 41.3 Å². The molecular weight excluding hydrogens is 500 g/mol. The lowest BCUT2D eigenvalue weighted by Gasteiger charge is -2.37. The summed E-state index contributed by atoms with van der Waals surface area (Å²) in [5.74, 6) is -3.41. The summed E-state index contributed by atoms with van der Waals surface area (Å²) in [7, 11) is -4.16. The summed E-state index contributed by atoms with van der Waals surface area (Å²) in [5.41, 5.74) is 9.36. The third kappa shape index (κ3) is 4.00. The molecular formula is C26H21F2N5O3S. The molecule has 8 nitrogen and oxygen atoms in total. The van der Waals surface area contributed by atoms with Crippen molar-refractivity contribution in [1.82, 2.24) is 19.2 Å². The van der Waals surface area contributed by atoms with Crippen molar-refractivity contribution in [2.75, 3.05) is 18.8 Å². The van der Waals surface area contributed by atoms with Crippen LogP contribution in [0.2, 0.25) is 0 Å². The molecule has 1 saturated heterocycles. The number of nitrogens with zero attached hydrogens (tertiary/aromatic N) is 4. The Kier molecular flexibility index (Phi) is 5.25. The van der Waals surface area contributed by atoms with Gasteiger partial charge in [0.2, 0.25) is 16.0 Å². The number of nitrogens with two attached hydrogens (primary N) is 1. The fraction of sp³-hybridized carbons (Fsp3) is 0.192. The molecule has 1 fully saturated rings. The van der Waals surface area contributed by atoms with E-state index in [0.29, 0.717) is 35.1 Å². The second kappa shape index (κ2) is 8.29. The highest BCUT2D eigenvalue weighted by molar-refractivity contribution is 7.89. The van der Waals surface area contributed by atoms with Gasteiger partial charge in [-0.3, -0.25) is 4.79 Å². The quantitative estimate of drug-likeness (QED) is 0.439. The molecule has 0 unspecified atom stereocenters. The minimum absolute atomic E-state index is 0.0537. The van der Waals surface area contributed by atoms with Crippen molar-refractivity contribution < 1.29 is 22.0 Å². The SMILES string of the molecule is Nc1nc(C(=O)N2Cc3ccccc3C2)c2cc(-c3ccccc3S(=O)(=O)N3CC(F)(F)C3)ccc2n1. The number of fused-ring (bicyclic) bond motifs is 2. The number of anilines is 1. The number of rotatable bonds is 4. The second-order valence-electron chi connectivity index (χ2n) is 9.22. The number of carbonyl (C=O) groups is 1. The first-order valence-electron chi connectivity index (χ1n) is 11.5. The minimum Gasteiger partial charge on any atom is -0.368 e. The van der Waals surface area contributed by atoms with E-state index in [0.717, 1.165) is 15.4 Å². The van der Waals surface area contributed by atoms with Gasteiger partial charge < -0.3 is 10.6 Å². The summed E-state index contributed by atoms with van der Waals surface area (Å²) in [6.07, 6.45) is 0. The zero-order valence-corrected chi connectivity index (χ0v) is 20.3. The van der Waals surface area contributed by atoms with Crippen LogP contribution >= 0.6 is 0 Å².